The number of hydrogen-bond donors (Lipinski definition) is 0. The van der Waals surface area contributed by atoms with Gasteiger partial charge in [-0.05, 0) is 61.5 Å². The van der Waals surface area contributed by atoms with Gasteiger partial charge < -0.3 is 8.37 Å². The predicted octanol–water partition coefficient (Wildman–Crippen LogP) is 2.79. The van der Waals surface area contributed by atoms with Crippen molar-refractivity contribution in [2.24, 2.45) is 17.3 Å². The van der Waals surface area contributed by atoms with Gasteiger partial charge in [0.2, 0.25) is 0 Å². The Labute approximate surface area is 172 Å². The third kappa shape index (κ3) is 3.79. The van der Waals surface area contributed by atoms with Gasteiger partial charge in [-0.3, -0.25) is 4.79 Å². The van der Waals surface area contributed by atoms with Gasteiger partial charge in [0.1, 0.15) is 17.3 Å². The van der Waals surface area contributed by atoms with Crippen LogP contribution in [0.3, 0.4) is 0 Å². The summed E-state index contributed by atoms with van der Waals surface area (Å²) in [5.41, 5.74) is 1.41. The topological polar surface area (TPSA) is 104 Å². The van der Waals surface area contributed by atoms with Gasteiger partial charge in [-0.15, -0.1) is 0 Å². The molecule has 1 aromatic carbocycles. The van der Waals surface area contributed by atoms with Gasteiger partial charge in [-0.25, -0.2) is 0 Å². The maximum atomic E-state index is 12.5. The van der Waals surface area contributed by atoms with E-state index in [0.717, 1.165) is 49.3 Å². The van der Waals surface area contributed by atoms with E-state index in [-0.39, 0.29) is 28.7 Å². The first-order valence-electron chi connectivity index (χ1n) is 9.86. The molecule has 0 amide bonds. The zero-order valence-corrected chi connectivity index (χ0v) is 18.4. The van der Waals surface area contributed by atoms with Gasteiger partial charge in [0.25, 0.3) is 0 Å². The number of hydrogen-bond acceptors (Lipinski definition) is 7. The Hall–Kier alpha value is -1.61. The molecule has 1 aromatic rings. The Balaban J connectivity index is 1.79. The largest absolute Gasteiger partial charge is 0.382 e. The number of fused-ring (bicyclic) bond motifs is 5. The highest BCUT2D eigenvalue weighted by molar-refractivity contribution is 7.86. The summed E-state index contributed by atoms with van der Waals surface area (Å²) in [4.78, 5) is 12.5. The van der Waals surface area contributed by atoms with Crippen LogP contribution in [-0.4, -0.2) is 35.1 Å². The molecule has 0 saturated heterocycles. The second-order valence-corrected chi connectivity index (χ2v) is 12.1. The zero-order valence-electron chi connectivity index (χ0n) is 16.8. The van der Waals surface area contributed by atoms with Crippen LogP contribution in [0.2, 0.25) is 0 Å². The van der Waals surface area contributed by atoms with Crippen molar-refractivity contribution in [3.63, 3.8) is 0 Å². The van der Waals surface area contributed by atoms with Gasteiger partial charge in [0, 0.05) is 23.5 Å². The quantitative estimate of drug-likeness (QED) is 0.661. The van der Waals surface area contributed by atoms with Gasteiger partial charge in [0.15, 0.2) is 0 Å². The summed E-state index contributed by atoms with van der Waals surface area (Å²) in [7, 11) is -7.56. The number of rotatable bonds is 4. The van der Waals surface area contributed by atoms with E-state index in [1.54, 1.807) is 6.07 Å². The summed E-state index contributed by atoms with van der Waals surface area (Å²) in [6.45, 7) is 2.08. The van der Waals surface area contributed by atoms with Gasteiger partial charge in [-0.2, -0.15) is 16.8 Å². The minimum atomic E-state index is -3.81. The van der Waals surface area contributed by atoms with Crippen LogP contribution in [0, 0.1) is 17.3 Å². The summed E-state index contributed by atoms with van der Waals surface area (Å²) in [5.74, 6) is 1.21. The van der Waals surface area contributed by atoms with E-state index >= 15 is 0 Å². The first kappa shape index (κ1) is 20.7. The normalized spacial score (nSPS) is 31.6. The lowest BCUT2D eigenvalue weighted by Crippen LogP contribution is -2.42. The molecule has 29 heavy (non-hydrogen) atoms. The minimum absolute atomic E-state index is 0.0556. The number of Topliss-reactive ketones (excluding diaryl/α,β-unsaturated/α-hetero) is 1. The van der Waals surface area contributed by atoms with Crippen LogP contribution in [0.4, 0.5) is 0 Å². The van der Waals surface area contributed by atoms with E-state index in [2.05, 4.69) is 6.92 Å². The average molecular weight is 443 g/mol. The first-order chi connectivity index (χ1) is 13.4. The van der Waals surface area contributed by atoms with Crippen LogP contribution in [0.5, 0.6) is 11.5 Å². The summed E-state index contributed by atoms with van der Waals surface area (Å²) < 4.78 is 57.2. The smallest absolute Gasteiger partial charge is 0.306 e. The van der Waals surface area contributed by atoms with Crippen LogP contribution in [-0.2, 0) is 31.5 Å². The maximum Gasteiger partial charge on any atom is 0.306 e. The number of carbonyl (C=O) groups is 1. The summed E-state index contributed by atoms with van der Waals surface area (Å²) in [6.07, 6.45) is 6.51. The highest BCUT2D eigenvalue weighted by Crippen LogP contribution is 2.61. The standard InChI is InChI=1S/C20H26O7S2/c1-20-9-8-15-14(16(20)6-7-18(20)21)5-4-12-10-13(26-28(2,22)23)11-17(19(12)15)27-29(3,24)25/h10-11,14-16H,4-9H2,1-3H3/t14-,15-,16-,20-/m0/s1. The fourth-order valence-electron chi connectivity index (χ4n) is 5.88. The molecule has 3 aliphatic rings. The predicted molar refractivity (Wildman–Crippen MR) is 107 cm³/mol. The lowest BCUT2D eigenvalue weighted by Gasteiger charge is -2.48. The van der Waals surface area contributed by atoms with E-state index in [9.17, 15) is 21.6 Å². The Kier molecular flexibility index (Phi) is 4.77. The molecule has 9 heteroatoms. The van der Waals surface area contributed by atoms with E-state index in [4.69, 9.17) is 8.37 Å². The number of ketones is 1. The van der Waals surface area contributed by atoms with E-state index < -0.39 is 20.2 Å². The Morgan fingerprint density at radius 2 is 1.66 bits per heavy atom. The minimum Gasteiger partial charge on any atom is -0.382 e. The van der Waals surface area contributed by atoms with Crippen molar-refractivity contribution in [3.8, 4) is 11.5 Å². The highest BCUT2D eigenvalue weighted by Gasteiger charge is 2.55. The number of aryl methyl sites for hydroxylation is 1. The highest BCUT2D eigenvalue weighted by atomic mass is 32.2. The molecule has 0 unspecified atom stereocenters. The molecular formula is C20H26O7S2. The molecule has 0 spiro atoms. The molecule has 0 bridgehead atoms. The van der Waals surface area contributed by atoms with E-state index in [1.165, 1.54) is 6.07 Å². The van der Waals surface area contributed by atoms with Crippen molar-refractivity contribution < 1.29 is 30.0 Å². The second kappa shape index (κ2) is 6.70. The molecule has 3 aliphatic carbocycles. The third-order valence-electron chi connectivity index (χ3n) is 6.95. The van der Waals surface area contributed by atoms with E-state index in [1.807, 2.05) is 0 Å². The molecule has 0 aromatic heterocycles. The lowest BCUT2D eigenvalue weighted by molar-refractivity contribution is -0.129. The number of benzene rings is 1. The van der Waals surface area contributed by atoms with Crippen molar-refractivity contribution in [2.75, 3.05) is 12.5 Å². The molecule has 0 aliphatic heterocycles. The molecule has 160 valence electrons. The van der Waals surface area contributed by atoms with Crippen LogP contribution < -0.4 is 8.37 Å². The molecular weight excluding hydrogens is 416 g/mol. The van der Waals surface area contributed by atoms with Crippen LogP contribution in [0.15, 0.2) is 12.1 Å². The lowest BCUT2D eigenvalue weighted by atomic mass is 9.55. The molecule has 7 nitrogen and oxygen atoms in total. The third-order valence-corrected chi connectivity index (χ3v) is 7.93. The van der Waals surface area contributed by atoms with Crippen LogP contribution in [0.25, 0.3) is 0 Å². The average Bonchev–Trinajstić information content (AvgIpc) is 2.87. The summed E-state index contributed by atoms with van der Waals surface area (Å²) in [6, 6.07) is 3.03. The van der Waals surface area contributed by atoms with Crippen molar-refractivity contribution in [2.45, 2.75) is 51.4 Å². The first-order valence-corrected chi connectivity index (χ1v) is 13.5. The fourth-order valence-corrected chi connectivity index (χ4v) is 6.79. The monoisotopic (exact) mass is 442 g/mol. The van der Waals surface area contributed by atoms with Crippen LogP contribution >= 0.6 is 0 Å². The molecule has 0 radical (unpaired) electrons. The molecule has 2 fully saturated rings. The molecule has 0 N–H and O–H groups in total. The van der Waals surface area contributed by atoms with Gasteiger partial charge in [0.05, 0.1) is 12.5 Å². The summed E-state index contributed by atoms with van der Waals surface area (Å²) in [5, 5.41) is 0. The molecule has 4 rings (SSSR count). The van der Waals surface area contributed by atoms with Gasteiger partial charge >= 0.3 is 20.2 Å². The van der Waals surface area contributed by atoms with Crippen LogP contribution in [0.1, 0.15) is 56.1 Å². The molecule has 2 saturated carbocycles. The molecule has 0 heterocycles. The van der Waals surface area contributed by atoms with Crippen molar-refractivity contribution in [3.05, 3.63) is 23.3 Å². The molecule has 4 atom stereocenters. The van der Waals surface area contributed by atoms with Crippen molar-refractivity contribution >= 4 is 26.0 Å². The SMILES string of the molecule is C[C@]12CC[C@@H]3c4c(cc(OS(C)(=O)=O)cc4OS(C)(=O)=O)CC[C@@H]3[C@@H]1CCC2=O. The Bertz CT molecular complexity index is 1070. The zero-order chi connectivity index (χ0) is 21.2. The van der Waals surface area contributed by atoms with Crippen molar-refractivity contribution in [1.82, 2.24) is 0 Å². The summed E-state index contributed by atoms with van der Waals surface area (Å²) >= 11 is 0. The Morgan fingerprint density at radius 3 is 2.31 bits per heavy atom. The van der Waals surface area contributed by atoms with E-state index in [0.29, 0.717) is 24.5 Å². The Morgan fingerprint density at radius 1 is 0.966 bits per heavy atom. The number of carbonyl (C=O) groups excluding carboxylic acids is 1. The second-order valence-electron chi connectivity index (χ2n) is 8.90. The fraction of sp³-hybridized carbons (Fsp3) is 0.650. The van der Waals surface area contributed by atoms with Crippen molar-refractivity contribution in [1.29, 1.82) is 0 Å². The maximum absolute atomic E-state index is 12.5. The van der Waals surface area contributed by atoms with Gasteiger partial charge in [-0.1, -0.05) is 6.92 Å².